The molecular weight excluding hydrogens is 542 g/mol. The number of hydrogen-bond donors (Lipinski definition) is 1. The fraction of sp³-hybridized carbons (Fsp3) is 0.100. The van der Waals surface area contributed by atoms with Crippen molar-refractivity contribution >= 4 is 57.3 Å². The zero-order valence-corrected chi connectivity index (χ0v) is 23.1. The Bertz CT molecular complexity index is 1850. The Morgan fingerprint density at radius 1 is 0.975 bits per heavy atom. The van der Waals surface area contributed by atoms with Crippen molar-refractivity contribution in [1.29, 1.82) is 0 Å². The van der Waals surface area contributed by atoms with E-state index in [-0.39, 0.29) is 11.7 Å². The zero-order chi connectivity index (χ0) is 27.5. The van der Waals surface area contributed by atoms with Crippen LogP contribution in [-0.2, 0) is 11.3 Å². The van der Waals surface area contributed by atoms with E-state index in [2.05, 4.69) is 67.5 Å². The number of hydrazone groups is 1. The van der Waals surface area contributed by atoms with Crippen molar-refractivity contribution in [2.75, 3.05) is 5.75 Å². The molecule has 3 aromatic heterocycles. The molecule has 198 valence electrons. The molecule has 3 heterocycles. The van der Waals surface area contributed by atoms with Crippen LogP contribution in [0.15, 0.2) is 102 Å². The third kappa shape index (κ3) is 5.09. The van der Waals surface area contributed by atoms with Crippen LogP contribution in [0.3, 0.4) is 0 Å². The van der Waals surface area contributed by atoms with E-state index in [1.807, 2.05) is 41.0 Å². The Morgan fingerprint density at radius 2 is 1.75 bits per heavy atom. The van der Waals surface area contributed by atoms with E-state index in [1.54, 1.807) is 30.7 Å². The number of fused-ring (bicyclic) bond motifs is 3. The molecule has 1 amide bonds. The fourth-order valence-corrected chi connectivity index (χ4v) is 5.58. The van der Waals surface area contributed by atoms with Gasteiger partial charge in [-0.2, -0.15) is 5.10 Å². The quantitative estimate of drug-likeness (QED) is 0.132. The highest BCUT2D eigenvalue weighted by Gasteiger charge is 2.17. The van der Waals surface area contributed by atoms with Gasteiger partial charge in [-0.3, -0.25) is 14.3 Å². The summed E-state index contributed by atoms with van der Waals surface area (Å²) in [6, 6.07) is 25.7. The van der Waals surface area contributed by atoms with Crippen molar-refractivity contribution in [2.24, 2.45) is 5.10 Å². The van der Waals surface area contributed by atoms with Gasteiger partial charge in [0.1, 0.15) is 0 Å². The minimum Gasteiger partial charge on any atom is -0.341 e. The highest BCUT2D eigenvalue weighted by atomic mass is 35.5. The molecule has 6 aromatic rings. The van der Waals surface area contributed by atoms with Crippen LogP contribution in [-0.4, -0.2) is 42.2 Å². The van der Waals surface area contributed by atoms with E-state index in [9.17, 15) is 4.79 Å². The van der Waals surface area contributed by atoms with E-state index in [0.717, 1.165) is 28.7 Å². The van der Waals surface area contributed by atoms with Gasteiger partial charge in [-0.05, 0) is 67.1 Å². The third-order valence-electron chi connectivity index (χ3n) is 6.50. The Hall–Kier alpha value is -4.47. The molecule has 0 radical (unpaired) electrons. The van der Waals surface area contributed by atoms with Gasteiger partial charge in [-0.25, -0.2) is 5.43 Å². The number of pyridine rings is 1. The maximum absolute atomic E-state index is 12.7. The predicted molar refractivity (Wildman–Crippen MR) is 161 cm³/mol. The number of aromatic nitrogens is 5. The number of nitrogens with zero attached hydrogens (tertiary/aromatic N) is 6. The van der Waals surface area contributed by atoms with Gasteiger partial charge in [0.05, 0.1) is 12.0 Å². The molecule has 0 aliphatic rings. The van der Waals surface area contributed by atoms with Gasteiger partial charge in [0.2, 0.25) is 0 Å². The summed E-state index contributed by atoms with van der Waals surface area (Å²) in [4.78, 5) is 16.8. The molecule has 0 aliphatic heterocycles. The monoisotopic (exact) mass is 565 g/mol. The smallest absolute Gasteiger partial charge is 0.250 e. The second kappa shape index (κ2) is 11.3. The summed E-state index contributed by atoms with van der Waals surface area (Å²) in [5.41, 5.74) is 7.61. The molecule has 10 heteroatoms. The van der Waals surface area contributed by atoms with Crippen molar-refractivity contribution < 1.29 is 4.79 Å². The third-order valence-corrected chi connectivity index (χ3v) is 7.69. The van der Waals surface area contributed by atoms with E-state index in [4.69, 9.17) is 11.6 Å². The Kier molecular flexibility index (Phi) is 7.31. The molecule has 0 saturated carbocycles. The van der Waals surface area contributed by atoms with Crippen LogP contribution in [0.25, 0.3) is 38.9 Å². The van der Waals surface area contributed by atoms with Crippen LogP contribution < -0.4 is 5.43 Å². The molecule has 0 saturated heterocycles. The second-order valence-electron chi connectivity index (χ2n) is 8.97. The number of aryl methyl sites for hydroxylation is 1. The summed E-state index contributed by atoms with van der Waals surface area (Å²) in [5, 5.41) is 16.5. The molecule has 0 aliphatic carbocycles. The Morgan fingerprint density at radius 3 is 2.55 bits per heavy atom. The van der Waals surface area contributed by atoms with Crippen LogP contribution in [0.1, 0.15) is 12.5 Å². The van der Waals surface area contributed by atoms with Crippen LogP contribution in [0.5, 0.6) is 0 Å². The van der Waals surface area contributed by atoms with Crippen molar-refractivity contribution in [3.05, 3.63) is 102 Å². The molecule has 0 fully saturated rings. The summed E-state index contributed by atoms with van der Waals surface area (Å²) in [7, 11) is 0. The number of carbonyl (C=O) groups is 1. The van der Waals surface area contributed by atoms with Gasteiger partial charge in [0, 0.05) is 57.0 Å². The van der Waals surface area contributed by atoms with E-state index >= 15 is 0 Å². The zero-order valence-electron chi connectivity index (χ0n) is 21.5. The number of carbonyl (C=O) groups excluding carboxylic acids is 1. The summed E-state index contributed by atoms with van der Waals surface area (Å²) in [5.74, 6) is 0.508. The fourth-order valence-electron chi connectivity index (χ4n) is 4.71. The number of para-hydroxylation sites is 1. The maximum Gasteiger partial charge on any atom is 0.250 e. The maximum atomic E-state index is 12.7. The van der Waals surface area contributed by atoms with Crippen LogP contribution >= 0.6 is 23.4 Å². The first-order valence-corrected chi connectivity index (χ1v) is 14.1. The van der Waals surface area contributed by atoms with Crippen LogP contribution in [0, 0.1) is 0 Å². The predicted octanol–water partition coefficient (Wildman–Crippen LogP) is 6.35. The number of hydrogen-bond acceptors (Lipinski definition) is 6. The largest absolute Gasteiger partial charge is 0.341 e. The number of thioether (sulfide) groups is 1. The van der Waals surface area contributed by atoms with E-state index < -0.39 is 0 Å². The number of rotatable bonds is 8. The molecule has 40 heavy (non-hydrogen) atoms. The first-order chi connectivity index (χ1) is 19.6. The highest BCUT2D eigenvalue weighted by molar-refractivity contribution is 7.99. The average molecular weight is 566 g/mol. The standard InChI is InChI=1S/C30H24ClN7OS/c1-2-37-26-6-4-3-5-24(26)25-17-20(7-12-27(25)37)18-33-34-28(39)19-40-30-36-35-29(21-13-15-32-16-14-21)38(30)23-10-8-22(31)9-11-23/h3-18H,2,19H2,1H3,(H,34,39). The van der Waals surface area contributed by atoms with Gasteiger partial charge in [-0.15, -0.1) is 10.2 Å². The Labute approximate surface area is 239 Å². The summed E-state index contributed by atoms with van der Waals surface area (Å²) in [6.45, 7) is 3.04. The lowest BCUT2D eigenvalue weighted by Crippen LogP contribution is -2.20. The van der Waals surface area contributed by atoms with Crippen LogP contribution in [0.2, 0.25) is 5.02 Å². The molecule has 3 aromatic carbocycles. The second-order valence-corrected chi connectivity index (χ2v) is 10.4. The van der Waals surface area contributed by atoms with Crippen molar-refractivity contribution in [3.8, 4) is 17.1 Å². The highest BCUT2D eigenvalue weighted by Crippen LogP contribution is 2.30. The molecule has 0 spiro atoms. The number of halogens is 1. The van der Waals surface area contributed by atoms with E-state index in [0.29, 0.717) is 16.0 Å². The SMILES string of the molecule is CCn1c2ccccc2c2cc(C=NNC(=O)CSc3nnc(-c4ccncc4)n3-c3ccc(Cl)cc3)ccc21. The summed E-state index contributed by atoms with van der Waals surface area (Å²) in [6.07, 6.45) is 5.07. The first kappa shape index (κ1) is 25.8. The molecule has 8 nitrogen and oxygen atoms in total. The minimum atomic E-state index is -0.249. The van der Waals surface area contributed by atoms with E-state index in [1.165, 1.54) is 28.2 Å². The van der Waals surface area contributed by atoms with Crippen molar-refractivity contribution in [2.45, 2.75) is 18.6 Å². The number of amides is 1. The van der Waals surface area contributed by atoms with Crippen LogP contribution in [0.4, 0.5) is 0 Å². The normalized spacial score (nSPS) is 11.6. The van der Waals surface area contributed by atoms with Gasteiger partial charge in [-0.1, -0.05) is 47.6 Å². The molecule has 0 bridgehead atoms. The molecule has 6 rings (SSSR count). The molecule has 0 unspecified atom stereocenters. The molecule has 0 atom stereocenters. The van der Waals surface area contributed by atoms with Gasteiger partial charge in [0.15, 0.2) is 11.0 Å². The summed E-state index contributed by atoms with van der Waals surface area (Å²) >= 11 is 7.38. The average Bonchev–Trinajstić information content (AvgIpc) is 3.56. The Balaban J connectivity index is 1.17. The minimum absolute atomic E-state index is 0.114. The van der Waals surface area contributed by atoms with Gasteiger partial charge >= 0.3 is 0 Å². The molecular formula is C30H24ClN7OS. The summed E-state index contributed by atoms with van der Waals surface area (Å²) < 4.78 is 4.20. The lowest BCUT2D eigenvalue weighted by Gasteiger charge is -2.10. The first-order valence-electron chi connectivity index (χ1n) is 12.7. The topological polar surface area (TPSA) is 90.0 Å². The van der Waals surface area contributed by atoms with Gasteiger partial charge < -0.3 is 4.57 Å². The lowest BCUT2D eigenvalue weighted by atomic mass is 10.1. The number of benzene rings is 3. The lowest BCUT2D eigenvalue weighted by molar-refractivity contribution is -0.118. The van der Waals surface area contributed by atoms with Crippen molar-refractivity contribution in [3.63, 3.8) is 0 Å². The number of nitrogens with one attached hydrogen (secondary N) is 1. The molecule has 1 N–H and O–H groups in total. The van der Waals surface area contributed by atoms with Gasteiger partial charge in [0.25, 0.3) is 5.91 Å². The van der Waals surface area contributed by atoms with Crippen molar-refractivity contribution in [1.82, 2.24) is 29.7 Å².